The molecule has 0 saturated heterocycles. The van der Waals surface area contributed by atoms with E-state index in [4.69, 9.17) is 0 Å². The first-order valence-corrected chi connectivity index (χ1v) is 9.41. The summed E-state index contributed by atoms with van der Waals surface area (Å²) in [6.45, 7) is 0. The van der Waals surface area contributed by atoms with Crippen LogP contribution < -0.4 is 10.2 Å². The van der Waals surface area contributed by atoms with Crippen LogP contribution in [0, 0.1) is 0 Å². The van der Waals surface area contributed by atoms with E-state index < -0.39 is 30.5 Å². The van der Waals surface area contributed by atoms with Crippen molar-refractivity contribution in [2.45, 2.75) is 24.4 Å². The summed E-state index contributed by atoms with van der Waals surface area (Å²) in [6.07, 6.45) is -5.54. The molecule has 3 rings (SSSR count). The molecule has 8 heteroatoms. The second-order valence-electron chi connectivity index (χ2n) is 6.07. The van der Waals surface area contributed by atoms with Gasteiger partial charge < -0.3 is 5.32 Å². The van der Waals surface area contributed by atoms with Crippen LogP contribution in [-0.4, -0.2) is 29.8 Å². The summed E-state index contributed by atoms with van der Waals surface area (Å²) in [5.74, 6) is -1.06. The van der Waals surface area contributed by atoms with Gasteiger partial charge in [-0.1, -0.05) is 42.5 Å². The number of thioether (sulfide) groups is 1. The van der Waals surface area contributed by atoms with Gasteiger partial charge in [-0.3, -0.25) is 14.5 Å². The molecule has 2 amide bonds. The summed E-state index contributed by atoms with van der Waals surface area (Å²) in [7, 11) is 0. The molecule has 0 spiro atoms. The monoisotopic (exact) mass is 394 g/mol. The molecule has 1 heterocycles. The maximum absolute atomic E-state index is 13.6. The van der Waals surface area contributed by atoms with Crippen molar-refractivity contribution in [3.05, 3.63) is 60.2 Å². The maximum Gasteiger partial charge on any atom is 0.409 e. The van der Waals surface area contributed by atoms with E-state index in [-0.39, 0.29) is 17.1 Å². The molecule has 0 saturated carbocycles. The predicted octanol–water partition coefficient (Wildman–Crippen LogP) is 4.23. The van der Waals surface area contributed by atoms with Crippen LogP contribution in [0.25, 0.3) is 0 Å². The third kappa shape index (κ3) is 4.63. The molecule has 0 unspecified atom stereocenters. The fourth-order valence-corrected chi connectivity index (χ4v) is 3.74. The summed E-state index contributed by atoms with van der Waals surface area (Å²) in [6, 6.07) is 13.2. The smallest absolute Gasteiger partial charge is 0.324 e. The highest BCUT2D eigenvalue weighted by Crippen LogP contribution is 2.38. The van der Waals surface area contributed by atoms with Gasteiger partial charge in [-0.2, -0.15) is 13.2 Å². The predicted molar refractivity (Wildman–Crippen MR) is 99.6 cm³/mol. The standard InChI is InChI=1S/C19H17F3N2O2S/c20-19(21,22)16-10-17(25)23-14-8-4-5-9-15(14)24(16)18(26)12-27-11-13-6-2-1-3-7-13/h1-9,16H,10-12H2,(H,23,25)/t16-/m0/s1. The summed E-state index contributed by atoms with van der Waals surface area (Å²) in [5, 5.41) is 2.45. The zero-order chi connectivity index (χ0) is 19.4. The lowest BCUT2D eigenvalue weighted by Crippen LogP contribution is -2.50. The number of carbonyl (C=O) groups excluding carboxylic acids is 2. The highest BCUT2D eigenvalue weighted by atomic mass is 32.2. The van der Waals surface area contributed by atoms with Gasteiger partial charge in [-0.25, -0.2) is 0 Å². The molecule has 1 aliphatic rings. The fraction of sp³-hybridized carbons (Fsp3) is 0.263. The summed E-state index contributed by atoms with van der Waals surface area (Å²) in [5.41, 5.74) is 1.25. The van der Waals surface area contributed by atoms with E-state index >= 15 is 0 Å². The number of hydrogen-bond donors (Lipinski definition) is 1. The van der Waals surface area contributed by atoms with E-state index in [0.717, 1.165) is 5.56 Å². The van der Waals surface area contributed by atoms with Gasteiger partial charge in [-0.05, 0) is 17.7 Å². The number of nitrogens with one attached hydrogen (secondary N) is 1. The Labute approximate surface area is 158 Å². The summed E-state index contributed by atoms with van der Waals surface area (Å²) >= 11 is 1.24. The van der Waals surface area contributed by atoms with E-state index in [1.165, 1.54) is 23.9 Å². The summed E-state index contributed by atoms with van der Waals surface area (Å²) in [4.78, 5) is 25.4. The van der Waals surface area contributed by atoms with Gasteiger partial charge in [0.1, 0.15) is 6.04 Å². The first-order valence-electron chi connectivity index (χ1n) is 8.25. The first-order chi connectivity index (χ1) is 12.9. The maximum atomic E-state index is 13.6. The lowest BCUT2D eigenvalue weighted by Gasteiger charge is -2.31. The van der Waals surface area contributed by atoms with E-state index in [9.17, 15) is 22.8 Å². The van der Waals surface area contributed by atoms with Gasteiger partial charge in [0.15, 0.2) is 0 Å². The van der Waals surface area contributed by atoms with E-state index in [0.29, 0.717) is 10.7 Å². The topological polar surface area (TPSA) is 49.4 Å². The zero-order valence-corrected chi connectivity index (χ0v) is 15.0. The van der Waals surface area contributed by atoms with E-state index in [2.05, 4.69) is 5.32 Å². The number of rotatable bonds is 4. The molecule has 2 aromatic rings. The molecule has 4 nitrogen and oxygen atoms in total. The SMILES string of the molecule is O=C1C[C@@H](C(F)(F)F)N(C(=O)CSCc2ccccc2)c2ccccc2N1. The molecule has 27 heavy (non-hydrogen) atoms. The average molecular weight is 394 g/mol. The van der Waals surface area contributed by atoms with Crippen molar-refractivity contribution in [2.75, 3.05) is 16.0 Å². The molecular formula is C19H17F3N2O2S. The number of para-hydroxylation sites is 2. The third-order valence-corrected chi connectivity index (χ3v) is 5.10. The van der Waals surface area contributed by atoms with Crippen LogP contribution in [0.3, 0.4) is 0 Å². The zero-order valence-electron chi connectivity index (χ0n) is 14.2. The molecule has 0 radical (unpaired) electrons. The molecule has 0 bridgehead atoms. The van der Waals surface area contributed by atoms with Crippen LogP contribution in [0.1, 0.15) is 12.0 Å². The lowest BCUT2D eigenvalue weighted by molar-refractivity contribution is -0.157. The van der Waals surface area contributed by atoms with Crippen LogP contribution in [0.4, 0.5) is 24.5 Å². The average Bonchev–Trinajstić information content (AvgIpc) is 2.78. The van der Waals surface area contributed by atoms with Gasteiger partial charge in [0, 0.05) is 5.75 Å². The highest BCUT2D eigenvalue weighted by molar-refractivity contribution is 7.99. The van der Waals surface area contributed by atoms with Gasteiger partial charge in [0.05, 0.1) is 23.5 Å². The number of alkyl halides is 3. The van der Waals surface area contributed by atoms with E-state index in [1.54, 1.807) is 12.1 Å². The Kier molecular flexibility index (Phi) is 5.74. The van der Waals surface area contributed by atoms with Crippen molar-refractivity contribution >= 4 is 35.0 Å². The highest BCUT2D eigenvalue weighted by Gasteiger charge is 2.48. The number of benzene rings is 2. The van der Waals surface area contributed by atoms with Crippen LogP contribution in [0.5, 0.6) is 0 Å². The first kappa shape index (κ1) is 19.3. The molecule has 0 aliphatic carbocycles. The van der Waals surface area contributed by atoms with Crippen molar-refractivity contribution in [1.82, 2.24) is 0 Å². The van der Waals surface area contributed by atoms with Gasteiger partial charge in [0.25, 0.3) is 0 Å². The van der Waals surface area contributed by atoms with Gasteiger partial charge >= 0.3 is 6.18 Å². The molecule has 0 aromatic heterocycles. The molecular weight excluding hydrogens is 377 g/mol. The van der Waals surface area contributed by atoms with Crippen molar-refractivity contribution in [3.63, 3.8) is 0 Å². The van der Waals surface area contributed by atoms with E-state index in [1.807, 2.05) is 30.3 Å². The number of hydrogen-bond acceptors (Lipinski definition) is 3. The quantitative estimate of drug-likeness (QED) is 0.845. The Balaban J connectivity index is 1.84. The molecule has 2 aromatic carbocycles. The van der Waals surface area contributed by atoms with Crippen molar-refractivity contribution in [1.29, 1.82) is 0 Å². The van der Waals surface area contributed by atoms with Crippen LogP contribution in [0.15, 0.2) is 54.6 Å². The minimum Gasteiger partial charge on any atom is -0.324 e. The molecule has 1 aliphatic heterocycles. The Morgan fingerprint density at radius 2 is 1.78 bits per heavy atom. The minimum atomic E-state index is -4.71. The van der Waals surface area contributed by atoms with Crippen molar-refractivity contribution in [2.24, 2.45) is 0 Å². The number of halogens is 3. The number of nitrogens with zero attached hydrogens (tertiary/aromatic N) is 1. The molecule has 142 valence electrons. The normalized spacial score (nSPS) is 17.1. The van der Waals surface area contributed by atoms with Crippen molar-refractivity contribution < 1.29 is 22.8 Å². The second kappa shape index (κ2) is 8.04. The van der Waals surface area contributed by atoms with Crippen molar-refractivity contribution in [3.8, 4) is 0 Å². The largest absolute Gasteiger partial charge is 0.409 e. The number of fused-ring (bicyclic) bond motifs is 1. The van der Waals surface area contributed by atoms with Crippen LogP contribution in [-0.2, 0) is 15.3 Å². The summed E-state index contributed by atoms with van der Waals surface area (Å²) < 4.78 is 40.8. The minimum absolute atomic E-state index is 0.0657. The van der Waals surface area contributed by atoms with Gasteiger partial charge in [-0.15, -0.1) is 11.8 Å². The Morgan fingerprint density at radius 3 is 2.48 bits per heavy atom. The molecule has 0 fully saturated rings. The third-order valence-electron chi connectivity index (χ3n) is 4.11. The fourth-order valence-electron chi connectivity index (χ4n) is 2.90. The Bertz CT molecular complexity index is 827. The Morgan fingerprint density at radius 1 is 1.11 bits per heavy atom. The Hall–Kier alpha value is -2.48. The van der Waals surface area contributed by atoms with Gasteiger partial charge in [0.2, 0.25) is 11.8 Å². The molecule has 1 N–H and O–H groups in total. The van der Waals surface area contributed by atoms with Crippen LogP contribution >= 0.6 is 11.8 Å². The molecule has 1 atom stereocenters. The lowest BCUT2D eigenvalue weighted by atomic mass is 10.1. The second-order valence-corrected chi connectivity index (χ2v) is 7.05. The number of carbonyl (C=O) groups is 2. The number of anilines is 2. The van der Waals surface area contributed by atoms with Crippen LogP contribution in [0.2, 0.25) is 0 Å². The number of amides is 2.